The molecule has 2 aliphatic carbocycles. The van der Waals surface area contributed by atoms with E-state index in [2.05, 4.69) is 15.6 Å². The Labute approximate surface area is 141 Å². The number of amides is 1. The summed E-state index contributed by atoms with van der Waals surface area (Å²) in [6.07, 6.45) is 13.9. The molecule has 23 heavy (non-hydrogen) atoms. The van der Waals surface area contributed by atoms with E-state index in [1.165, 1.54) is 37.0 Å². The average molecular weight is 332 g/mol. The van der Waals surface area contributed by atoms with E-state index in [4.69, 9.17) is 5.26 Å². The van der Waals surface area contributed by atoms with Crippen molar-refractivity contribution in [2.45, 2.75) is 69.7 Å². The number of aromatic nitrogens is 1. The predicted molar refractivity (Wildman–Crippen MR) is 91.1 cm³/mol. The Hall–Kier alpha value is -1.61. The highest BCUT2D eigenvalue weighted by Crippen LogP contribution is 2.37. The topological polar surface area (TPSA) is 77.8 Å². The Kier molecular flexibility index (Phi) is 5.50. The highest BCUT2D eigenvalue weighted by Gasteiger charge is 2.27. The molecule has 6 heteroatoms. The zero-order valence-electron chi connectivity index (χ0n) is 13.4. The van der Waals surface area contributed by atoms with Crippen LogP contribution in [-0.2, 0) is 4.79 Å². The molecule has 0 unspecified atom stereocenters. The third-order valence-electron chi connectivity index (χ3n) is 5.13. The largest absolute Gasteiger partial charge is 0.321 e. The summed E-state index contributed by atoms with van der Waals surface area (Å²) in [6.45, 7) is 0. The predicted octanol–water partition coefficient (Wildman–Crippen LogP) is 3.76. The van der Waals surface area contributed by atoms with E-state index in [1.54, 1.807) is 11.3 Å². The summed E-state index contributed by atoms with van der Waals surface area (Å²) in [7, 11) is 0. The molecule has 0 bridgehead atoms. The minimum absolute atomic E-state index is 0.0498. The van der Waals surface area contributed by atoms with Crippen molar-refractivity contribution in [1.29, 1.82) is 5.26 Å². The van der Waals surface area contributed by atoms with Crippen molar-refractivity contribution >= 4 is 22.4 Å². The Morgan fingerprint density at radius 3 is 2.61 bits per heavy atom. The van der Waals surface area contributed by atoms with Crippen molar-refractivity contribution in [2.24, 2.45) is 5.92 Å². The highest BCUT2D eigenvalue weighted by atomic mass is 32.1. The fourth-order valence-corrected chi connectivity index (χ4v) is 4.71. The maximum atomic E-state index is 12.4. The number of nitriles is 1. The summed E-state index contributed by atoms with van der Waals surface area (Å²) >= 11 is 1.64. The fraction of sp³-hybridized carbons (Fsp3) is 0.706. The second-order valence-electron chi connectivity index (χ2n) is 6.70. The fourth-order valence-electron chi connectivity index (χ4n) is 3.72. The highest BCUT2D eigenvalue weighted by molar-refractivity contribution is 7.15. The number of carbonyl (C=O) groups excluding carboxylic acids is 1. The molecule has 5 nitrogen and oxygen atoms in total. The molecular formula is C17H24N4OS. The lowest BCUT2D eigenvalue weighted by atomic mass is 9.85. The minimum Gasteiger partial charge on any atom is -0.321 e. The van der Waals surface area contributed by atoms with E-state index in [1.807, 2.05) is 12.4 Å². The van der Waals surface area contributed by atoms with Crippen LogP contribution in [0.2, 0.25) is 0 Å². The van der Waals surface area contributed by atoms with E-state index >= 15 is 0 Å². The normalized spacial score (nSPS) is 25.5. The van der Waals surface area contributed by atoms with E-state index in [0.29, 0.717) is 5.92 Å². The first-order valence-electron chi connectivity index (χ1n) is 8.67. The molecule has 2 aliphatic rings. The van der Waals surface area contributed by atoms with Gasteiger partial charge in [0, 0.05) is 23.0 Å². The van der Waals surface area contributed by atoms with Crippen LogP contribution >= 0.6 is 11.3 Å². The van der Waals surface area contributed by atoms with Gasteiger partial charge in [0.25, 0.3) is 0 Å². The maximum Gasteiger partial charge on any atom is 0.229 e. The number of hydrogen-bond acceptors (Lipinski definition) is 5. The summed E-state index contributed by atoms with van der Waals surface area (Å²) in [5.41, 5.74) is 0. The van der Waals surface area contributed by atoms with Crippen LogP contribution in [0.25, 0.3) is 0 Å². The van der Waals surface area contributed by atoms with Crippen LogP contribution in [0, 0.1) is 17.4 Å². The van der Waals surface area contributed by atoms with Crippen molar-refractivity contribution in [2.75, 3.05) is 5.32 Å². The number of anilines is 1. The van der Waals surface area contributed by atoms with Gasteiger partial charge in [0.05, 0.1) is 0 Å². The van der Waals surface area contributed by atoms with Gasteiger partial charge in [-0.25, -0.2) is 4.98 Å². The van der Waals surface area contributed by atoms with Gasteiger partial charge in [0.1, 0.15) is 0 Å². The van der Waals surface area contributed by atoms with Crippen molar-refractivity contribution in [3.05, 3.63) is 11.1 Å². The molecule has 0 atom stereocenters. The van der Waals surface area contributed by atoms with Gasteiger partial charge in [-0.2, -0.15) is 5.26 Å². The monoisotopic (exact) mass is 332 g/mol. The number of rotatable bonds is 4. The van der Waals surface area contributed by atoms with Gasteiger partial charge in [-0.1, -0.05) is 19.3 Å². The zero-order valence-corrected chi connectivity index (χ0v) is 14.2. The molecule has 3 rings (SSSR count). The molecule has 1 aromatic rings. The quantitative estimate of drug-likeness (QED) is 0.650. The second-order valence-corrected chi connectivity index (χ2v) is 7.76. The minimum atomic E-state index is 0.0498. The SMILES string of the molecule is N#CN[C@H]1CC[C@H](C(=O)Nc2ncc(C3CCCCC3)s2)CC1. The first kappa shape index (κ1) is 16.3. The average Bonchev–Trinajstić information content (AvgIpc) is 3.05. The molecule has 1 aromatic heterocycles. The maximum absolute atomic E-state index is 12.4. The van der Waals surface area contributed by atoms with E-state index in [9.17, 15) is 4.79 Å². The summed E-state index contributed by atoms with van der Waals surface area (Å²) in [5, 5.41) is 15.2. The summed E-state index contributed by atoms with van der Waals surface area (Å²) in [5.74, 6) is 0.776. The zero-order chi connectivity index (χ0) is 16.1. The third kappa shape index (κ3) is 4.23. The summed E-state index contributed by atoms with van der Waals surface area (Å²) in [4.78, 5) is 18.1. The Morgan fingerprint density at radius 2 is 1.91 bits per heavy atom. The van der Waals surface area contributed by atoms with E-state index < -0.39 is 0 Å². The Bertz CT molecular complexity index is 565. The van der Waals surface area contributed by atoms with Gasteiger partial charge in [0.2, 0.25) is 5.91 Å². The molecule has 2 saturated carbocycles. The van der Waals surface area contributed by atoms with Crippen molar-refractivity contribution < 1.29 is 4.79 Å². The molecule has 0 spiro atoms. The second kappa shape index (κ2) is 7.78. The lowest BCUT2D eigenvalue weighted by molar-refractivity contribution is -0.120. The first-order valence-corrected chi connectivity index (χ1v) is 9.49. The van der Waals surface area contributed by atoms with Gasteiger partial charge in [0.15, 0.2) is 11.3 Å². The van der Waals surface area contributed by atoms with Gasteiger partial charge < -0.3 is 10.6 Å². The van der Waals surface area contributed by atoms with Crippen LogP contribution < -0.4 is 10.6 Å². The Balaban J connectivity index is 1.50. The van der Waals surface area contributed by atoms with Gasteiger partial charge >= 0.3 is 0 Å². The van der Waals surface area contributed by atoms with E-state index in [0.717, 1.165) is 30.8 Å². The number of nitrogens with one attached hydrogen (secondary N) is 2. The number of hydrogen-bond donors (Lipinski definition) is 2. The third-order valence-corrected chi connectivity index (χ3v) is 6.20. The molecule has 0 radical (unpaired) electrons. The molecule has 0 aliphatic heterocycles. The molecule has 1 heterocycles. The Morgan fingerprint density at radius 1 is 1.17 bits per heavy atom. The smallest absolute Gasteiger partial charge is 0.229 e. The van der Waals surface area contributed by atoms with Crippen LogP contribution in [0.15, 0.2) is 6.20 Å². The van der Waals surface area contributed by atoms with Crippen molar-refractivity contribution in [1.82, 2.24) is 10.3 Å². The van der Waals surface area contributed by atoms with Crippen LogP contribution in [0.5, 0.6) is 0 Å². The van der Waals surface area contributed by atoms with Gasteiger partial charge in [-0.05, 0) is 44.4 Å². The lowest BCUT2D eigenvalue weighted by Crippen LogP contribution is -2.34. The number of thiazole rings is 1. The lowest BCUT2D eigenvalue weighted by Gasteiger charge is -2.26. The standard InChI is InChI=1S/C17H24N4OS/c18-11-20-14-8-6-13(7-9-14)16(22)21-17-19-10-15(23-17)12-4-2-1-3-5-12/h10,12-14,20H,1-9H2,(H,19,21,22)/t13-,14-. The molecule has 2 N–H and O–H groups in total. The molecule has 2 fully saturated rings. The number of carbonyl (C=O) groups is 1. The van der Waals surface area contributed by atoms with Gasteiger partial charge in [-0.15, -0.1) is 11.3 Å². The van der Waals surface area contributed by atoms with Crippen LogP contribution in [-0.4, -0.2) is 16.9 Å². The molecule has 0 aromatic carbocycles. The number of nitrogens with zero attached hydrogens (tertiary/aromatic N) is 2. The molecule has 0 saturated heterocycles. The van der Waals surface area contributed by atoms with E-state index in [-0.39, 0.29) is 17.9 Å². The van der Waals surface area contributed by atoms with Gasteiger partial charge in [-0.3, -0.25) is 4.79 Å². The summed E-state index contributed by atoms with van der Waals surface area (Å²) in [6, 6.07) is 0.238. The van der Waals surface area contributed by atoms with Crippen molar-refractivity contribution in [3.8, 4) is 6.19 Å². The molecule has 124 valence electrons. The first-order chi connectivity index (χ1) is 11.3. The van der Waals surface area contributed by atoms with Crippen LogP contribution in [0.3, 0.4) is 0 Å². The van der Waals surface area contributed by atoms with Crippen molar-refractivity contribution in [3.63, 3.8) is 0 Å². The summed E-state index contributed by atoms with van der Waals surface area (Å²) < 4.78 is 0. The molecule has 1 amide bonds. The van der Waals surface area contributed by atoms with Crippen LogP contribution in [0.1, 0.15) is 68.6 Å². The molecular weight excluding hydrogens is 308 g/mol. The van der Waals surface area contributed by atoms with Crippen LogP contribution in [0.4, 0.5) is 5.13 Å².